The highest BCUT2D eigenvalue weighted by Gasteiger charge is 2.76. The molecule has 6 nitrogen and oxygen atoms in total. The Labute approximate surface area is 154 Å². The van der Waals surface area contributed by atoms with Crippen LogP contribution in [0.5, 0.6) is 0 Å². The van der Waals surface area contributed by atoms with Crippen LogP contribution in [0.2, 0.25) is 0 Å². The van der Waals surface area contributed by atoms with Gasteiger partial charge < -0.3 is 30.6 Å². The molecule has 4 fully saturated rings. The van der Waals surface area contributed by atoms with E-state index in [2.05, 4.69) is 0 Å². The molecule has 4 rings (SSSR count). The highest BCUT2D eigenvalue weighted by Crippen LogP contribution is 2.69. The lowest BCUT2D eigenvalue weighted by atomic mass is 9.57. The van der Waals surface area contributed by atoms with Crippen LogP contribution in [-0.2, 0) is 0 Å². The largest absolute Gasteiger partial charge is 0.392 e. The maximum atomic E-state index is 11.7. The highest BCUT2D eigenvalue weighted by molar-refractivity contribution is 5.25. The normalized spacial score (nSPS) is 63.9. The van der Waals surface area contributed by atoms with Gasteiger partial charge in [-0.05, 0) is 51.9 Å². The third kappa shape index (κ3) is 1.89. The average molecular weight is 370 g/mol. The summed E-state index contributed by atoms with van der Waals surface area (Å²) in [5.41, 5.74) is -5.91. The summed E-state index contributed by atoms with van der Waals surface area (Å²) in [6.07, 6.45) is -1.01. The lowest BCUT2D eigenvalue weighted by Gasteiger charge is -2.51. The van der Waals surface area contributed by atoms with Crippen LogP contribution in [-0.4, -0.2) is 65.8 Å². The first-order valence-electron chi connectivity index (χ1n) is 9.94. The summed E-state index contributed by atoms with van der Waals surface area (Å²) >= 11 is 0. The van der Waals surface area contributed by atoms with E-state index in [1.165, 1.54) is 0 Å². The molecule has 4 aliphatic carbocycles. The molecule has 4 saturated carbocycles. The van der Waals surface area contributed by atoms with Crippen molar-refractivity contribution in [2.75, 3.05) is 0 Å². The fourth-order valence-corrected chi connectivity index (χ4v) is 7.80. The number of aliphatic hydroxyl groups excluding tert-OH is 3. The molecule has 0 unspecified atom stereocenters. The number of hydrogen-bond donors (Lipinski definition) is 6. The van der Waals surface area contributed by atoms with Crippen molar-refractivity contribution >= 4 is 0 Å². The Balaban J connectivity index is 1.89. The Morgan fingerprint density at radius 3 is 2.04 bits per heavy atom. The monoisotopic (exact) mass is 370 g/mol. The van der Waals surface area contributed by atoms with E-state index in [4.69, 9.17) is 0 Å². The van der Waals surface area contributed by atoms with E-state index in [1.807, 2.05) is 0 Å². The lowest BCUT2D eigenvalue weighted by Crippen LogP contribution is -2.60. The van der Waals surface area contributed by atoms with Crippen LogP contribution < -0.4 is 0 Å². The smallest absolute Gasteiger partial charge is 0.104 e. The minimum atomic E-state index is -1.66. The first-order valence-corrected chi connectivity index (χ1v) is 9.94. The van der Waals surface area contributed by atoms with Crippen molar-refractivity contribution in [3.8, 4) is 0 Å². The molecule has 6 heteroatoms. The van der Waals surface area contributed by atoms with Crippen LogP contribution in [0.3, 0.4) is 0 Å². The molecular formula is C20H34O6. The molecule has 0 aromatic carbocycles. The van der Waals surface area contributed by atoms with Crippen molar-refractivity contribution < 1.29 is 30.6 Å². The van der Waals surface area contributed by atoms with Gasteiger partial charge in [0.25, 0.3) is 0 Å². The summed E-state index contributed by atoms with van der Waals surface area (Å²) in [4.78, 5) is 0. The number of hydrogen-bond acceptors (Lipinski definition) is 6. The van der Waals surface area contributed by atoms with Crippen molar-refractivity contribution in [2.45, 2.75) is 94.9 Å². The van der Waals surface area contributed by atoms with E-state index in [0.29, 0.717) is 19.3 Å². The van der Waals surface area contributed by atoms with E-state index in [0.717, 1.165) is 0 Å². The quantitative estimate of drug-likeness (QED) is 0.361. The molecular weight excluding hydrogens is 336 g/mol. The minimum Gasteiger partial charge on any atom is -0.392 e. The molecule has 0 aliphatic heterocycles. The SMILES string of the molecule is CC1(C)[C@@H](O)C[C@@H]2[C@](C)(O)[C@@H]3CC[C@@H]4[C@H](O)[C@@]3(C[C@@H](O)[C@@]21O)C[C@@]4(C)O. The summed E-state index contributed by atoms with van der Waals surface area (Å²) in [5.74, 6) is -1.34. The fourth-order valence-electron chi connectivity index (χ4n) is 7.80. The van der Waals surface area contributed by atoms with Gasteiger partial charge in [-0.2, -0.15) is 0 Å². The molecule has 0 aromatic rings. The zero-order chi connectivity index (χ0) is 19.5. The van der Waals surface area contributed by atoms with Crippen LogP contribution in [0.15, 0.2) is 0 Å². The maximum Gasteiger partial charge on any atom is 0.104 e. The Morgan fingerprint density at radius 2 is 1.42 bits per heavy atom. The van der Waals surface area contributed by atoms with Crippen LogP contribution in [0, 0.1) is 28.6 Å². The van der Waals surface area contributed by atoms with Gasteiger partial charge in [0, 0.05) is 22.7 Å². The van der Waals surface area contributed by atoms with Crippen molar-refractivity contribution in [1.82, 2.24) is 0 Å². The van der Waals surface area contributed by atoms with E-state index < -0.39 is 51.9 Å². The van der Waals surface area contributed by atoms with E-state index in [9.17, 15) is 30.6 Å². The van der Waals surface area contributed by atoms with Crippen LogP contribution in [0.1, 0.15) is 59.8 Å². The zero-order valence-corrected chi connectivity index (χ0v) is 16.2. The van der Waals surface area contributed by atoms with E-state index >= 15 is 0 Å². The molecule has 0 saturated heterocycles. The van der Waals surface area contributed by atoms with Crippen molar-refractivity contribution in [1.29, 1.82) is 0 Å². The Morgan fingerprint density at radius 1 is 0.808 bits per heavy atom. The summed E-state index contributed by atoms with van der Waals surface area (Å²) in [7, 11) is 0. The molecule has 26 heavy (non-hydrogen) atoms. The van der Waals surface area contributed by atoms with Gasteiger partial charge in [-0.15, -0.1) is 0 Å². The Bertz CT molecular complexity index is 615. The molecule has 10 atom stereocenters. The Kier molecular flexibility index (Phi) is 3.69. The van der Waals surface area contributed by atoms with Crippen LogP contribution in [0.25, 0.3) is 0 Å². The number of rotatable bonds is 0. The van der Waals surface area contributed by atoms with Gasteiger partial charge in [0.15, 0.2) is 0 Å². The van der Waals surface area contributed by atoms with Crippen molar-refractivity contribution in [3.63, 3.8) is 0 Å². The standard InChI is InChI=1S/C20H34O6/c1-16(2)13(21)7-12-18(4,25)11-6-5-10-15(23)19(11,9-17(10,3)24)8-14(22)20(12,16)26/h10-15,21-26H,5-9H2,1-4H3/t10-,11+,12-,13+,14-,15+,17-,18-,19+,20+/m1/s1. The number of fused-ring (bicyclic) bond motifs is 2. The Hall–Kier alpha value is -0.240. The number of aliphatic hydroxyl groups is 6. The summed E-state index contributed by atoms with van der Waals surface area (Å²) in [6, 6.07) is 0. The molecule has 0 aromatic heterocycles. The van der Waals surface area contributed by atoms with Crippen LogP contribution in [0.4, 0.5) is 0 Å². The van der Waals surface area contributed by atoms with E-state index in [1.54, 1.807) is 27.7 Å². The second-order valence-electron chi connectivity index (χ2n) is 10.7. The molecule has 4 aliphatic rings. The van der Waals surface area contributed by atoms with Gasteiger partial charge in [-0.3, -0.25) is 0 Å². The average Bonchev–Trinajstić information content (AvgIpc) is 2.72. The maximum absolute atomic E-state index is 11.7. The van der Waals surface area contributed by atoms with Gasteiger partial charge in [0.05, 0.1) is 29.5 Å². The fraction of sp³-hybridized carbons (Fsp3) is 1.00. The third-order valence-corrected chi connectivity index (χ3v) is 9.26. The first kappa shape index (κ1) is 19.1. The minimum absolute atomic E-state index is 0.116. The molecule has 2 bridgehead atoms. The topological polar surface area (TPSA) is 121 Å². The first-order chi connectivity index (χ1) is 11.7. The predicted molar refractivity (Wildman–Crippen MR) is 94.0 cm³/mol. The lowest BCUT2D eigenvalue weighted by molar-refractivity contribution is -0.201. The molecule has 0 radical (unpaired) electrons. The predicted octanol–water partition coefficient (Wildman–Crippen LogP) is 0.168. The van der Waals surface area contributed by atoms with Gasteiger partial charge >= 0.3 is 0 Å². The molecule has 0 heterocycles. The molecule has 150 valence electrons. The highest BCUT2D eigenvalue weighted by atomic mass is 16.4. The van der Waals surface area contributed by atoms with Gasteiger partial charge in [-0.1, -0.05) is 13.8 Å². The van der Waals surface area contributed by atoms with E-state index in [-0.39, 0.29) is 24.7 Å². The van der Waals surface area contributed by atoms with Crippen molar-refractivity contribution in [2.24, 2.45) is 28.6 Å². The molecule has 6 N–H and O–H groups in total. The second kappa shape index (κ2) is 5.02. The van der Waals surface area contributed by atoms with Crippen molar-refractivity contribution in [3.05, 3.63) is 0 Å². The molecule has 1 spiro atoms. The second-order valence-corrected chi connectivity index (χ2v) is 10.7. The summed E-state index contributed by atoms with van der Waals surface area (Å²) < 4.78 is 0. The van der Waals surface area contributed by atoms with Crippen LogP contribution >= 0.6 is 0 Å². The van der Waals surface area contributed by atoms with Gasteiger partial charge in [0.2, 0.25) is 0 Å². The van der Waals surface area contributed by atoms with Gasteiger partial charge in [0.1, 0.15) is 5.60 Å². The third-order valence-electron chi connectivity index (χ3n) is 9.26. The van der Waals surface area contributed by atoms with Gasteiger partial charge in [-0.25, -0.2) is 0 Å². The summed E-state index contributed by atoms with van der Waals surface area (Å²) in [5, 5.41) is 67.1. The molecule has 0 amide bonds. The zero-order valence-electron chi connectivity index (χ0n) is 16.2. The summed E-state index contributed by atoms with van der Waals surface area (Å²) in [6.45, 7) is 6.87.